The van der Waals surface area contributed by atoms with Crippen LogP contribution >= 0.6 is 15.2 Å². The second-order valence-electron chi connectivity index (χ2n) is 6.48. The molecular formula is C20H18Cl2P2Zr. The summed E-state index contributed by atoms with van der Waals surface area (Å²) in [6.07, 6.45) is 5.14. The zero-order chi connectivity index (χ0) is 15.6. The van der Waals surface area contributed by atoms with Crippen LogP contribution in [-0.4, -0.2) is 13.3 Å². The van der Waals surface area contributed by atoms with E-state index in [1.165, 1.54) is 11.1 Å². The van der Waals surface area contributed by atoms with Crippen molar-refractivity contribution in [3.05, 3.63) is 81.4 Å². The molecule has 2 aliphatic carbocycles. The van der Waals surface area contributed by atoms with Crippen LogP contribution in [0.15, 0.2) is 59.2 Å². The molecule has 0 N–H and O–H groups in total. The van der Waals surface area contributed by atoms with Crippen molar-refractivity contribution in [1.29, 1.82) is 0 Å². The topological polar surface area (TPSA) is 0 Å². The quantitative estimate of drug-likeness (QED) is 0.478. The van der Waals surface area contributed by atoms with E-state index in [1.807, 2.05) is 10.6 Å². The van der Waals surface area contributed by atoms with Crippen LogP contribution in [0.2, 0.25) is 0 Å². The molecule has 0 bridgehead atoms. The van der Waals surface area contributed by atoms with Crippen molar-refractivity contribution in [2.45, 2.75) is 7.25 Å². The van der Waals surface area contributed by atoms with E-state index >= 15 is 0 Å². The first-order chi connectivity index (χ1) is 11.2. The first-order valence-electron chi connectivity index (χ1n) is 8.08. The predicted octanol–water partition coefficient (Wildman–Crippen LogP) is 0.421. The molecule has 1 fully saturated rings. The molecule has 126 valence electrons. The van der Waals surface area contributed by atoms with Crippen molar-refractivity contribution >= 4 is 27.4 Å². The SMILES string of the molecule is CP1C2=Cc3ccccc3[CH]2[Zr+2][CH]2C(=Cc3ccccc32)P1C.[Cl-].[Cl-]. The summed E-state index contributed by atoms with van der Waals surface area (Å²) in [6, 6.07) is 18.4. The van der Waals surface area contributed by atoms with Gasteiger partial charge in [-0.1, -0.05) is 0 Å². The molecule has 5 heteroatoms. The van der Waals surface area contributed by atoms with Crippen molar-refractivity contribution < 1.29 is 48.0 Å². The second-order valence-corrected chi connectivity index (χ2v) is 16.9. The zero-order valence-electron chi connectivity index (χ0n) is 14.1. The molecule has 1 heterocycles. The van der Waals surface area contributed by atoms with Gasteiger partial charge in [0.1, 0.15) is 0 Å². The summed E-state index contributed by atoms with van der Waals surface area (Å²) in [5.74, 6) is 0. The van der Waals surface area contributed by atoms with Gasteiger partial charge in [0.25, 0.3) is 0 Å². The van der Waals surface area contributed by atoms with Gasteiger partial charge in [0.05, 0.1) is 0 Å². The van der Waals surface area contributed by atoms with Gasteiger partial charge in [0.2, 0.25) is 0 Å². The van der Waals surface area contributed by atoms with E-state index in [2.05, 4.69) is 74.0 Å². The number of rotatable bonds is 0. The minimum Gasteiger partial charge on any atom is -1.00 e. The number of hydrogen-bond donors (Lipinski definition) is 0. The molecule has 2 aromatic rings. The molecule has 0 saturated carbocycles. The molecule has 0 spiro atoms. The van der Waals surface area contributed by atoms with E-state index in [0.717, 1.165) is 7.25 Å². The van der Waals surface area contributed by atoms with Gasteiger partial charge in [0.15, 0.2) is 0 Å². The zero-order valence-corrected chi connectivity index (χ0v) is 19.8. The Labute approximate surface area is 176 Å². The van der Waals surface area contributed by atoms with Crippen LogP contribution in [0.4, 0.5) is 0 Å². The smallest absolute Gasteiger partial charge is 1.00 e. The summed E-state index contributed by atoms with van der Waals surface area (Å²) in [4.78, 5) is 0. The fourth-order valence-electron chi connectivity index (χ4n) is 4.04. The van der Waals surface area contributed by atoms with E-state index in [9.17, 15) is 0 Å². The normalized spacial score (nSPS) is 27.4. The molecule has 4 atom stereocenters. The molecule has 0 radical (unpaired) electrons. The number of hydrogen-bond acceptors (Lipinski definition) is 0. The Bertz CT molecular complexity index is 806. The van der Waals surface area contributed by atoms with Gasteiger partial charge >= 0.3 is 153 Å². The van der Waals surface area contributed by atoms with Gasteiger partial charge in [-0.15, -0.1) is 0 Å². The fraction of sp³-hybridized carbons (Fsp3) is 0.200. The maximum Gasteiger partial charge on any atom is -1.00 e. The largest absolute Gasteiger partial charge is 1.00 e. The molecule has 4 unspecified atom stereocenters. The summed E-state index contributed by atoms with van der Waals surface area (Å²) in [5, 5.41) is 3.66. The van der Waals surface area contributed by atoms with E-state index in [-0.39, 0.29) is 40.0 Å². The van der Waals surface area contributed by atoms with Gasteiger partial charge in [-0.05, 0) is 0 Å². The summed E-state index contributed by atoms with van der Waals surface area (Å²) < 4.78 is 1.64. The first kappa shape index (κ1) is 20.0. The summed E-state index contributed by atoms with van der Waals surface area (Å²) >= 11 is -0.594. The Kier molecular flexibility index (Phi) is 6.16. The average Bonchev–Trinajstić information content (AvgIpc) is 3.11. The first-order valence-corrected chi connectivity index (χ1v) is 15.2. The van der Waals surface area contributed by atoms with Gasteiger partial charge < -0.3 is 24.8 Å². The monoisotopic (exact) mass is 480 g/mol. The molecule has 1 saturated heterocycles. The van der Waals surface area contributed by atoms with Crippen molar-refractivity contribution in [2.24, 2.45) is 0 Å². The Morgan fingerprint density at radius 3 is 1.52 bits per heavy atom. The maximum absolute atomic E-state index is 2.57. The standard InChI is InChI=1S/C20H18P2.2ClH.Zr/c1-21(19-11-15-7-3-4-8-16(15)12-19)22(2)20-13-17-9-5-6-10-18(17)14-20;;;/h3-14H,1-2H3;2*1H;/q;;;+2/p-2. The predicted molar refractivity (Wildman–Crippen MR) is 100 cm³/mol. The third-order valence-electron chi connectivity index (χ3n) is 5.34. The molecule has 0 amide bonds. The summed E-state index contributed by atoms with van der Waals surface area (Å²) in [5.41, 5.74) is 6.34. The average molecular weight is 482 g/mol. The Morgan fingerprint density at radius 1 is 0.680 bits per heavy atom. The van der Waals surface area contributed by atoms with E-state index < -0.39 is 23.2 Å². The fourth-order valence-corrected chi connectivity index (χ4v) is 19.1. The van der Waals surface area contributed by atoms with Crippen LogP contribution in [0, 0.1) is 0 Å². The molecular weight excluding hydrogens is 464 g/mol. The van der Waals surface area contributed by atoms with Crippen molar-refractivity contribution in [3.63, 3.8) is 0 Å². The molecule has 3 aliphatic rings. The Balaban J connectivity index is 0.000000911. The number of benzene rings is 2. The van der Waals surface area contributed by atoms with Gasteiger partial charge in [-0.25, -0.2) is 0 Å². The molecule has 5 rings (SSSR count). The minimum atomic E-state index is -0.594. The summed E-state index contributed by atoms with van der Waals surface area (Å²) in [6.45, 7) is 5.11. The molecule has 0 nitrogen and oxygen atoms in total. The van der Waals surface area contributed by atoms with Crippen LogP contribution in [0.3, 0.4) is 0 Å². The molecule has 25 heavy (non-hydrogen) atoms. The molecule has 2 aromatic carbocycles. The van der Waals surface area contributed by atoms with E-state index in [4.69, 9.17) is 0 Å². The third-order valence-corrected chi connectivity index (χ3v) is 18.5. The number of halogens is 2. The van der Waals surface area contributed by atoms with Crippen LogP contribution in [0.5, 0.6) is 0 Å². The molecule has 0 aromatic heterocycles. The van der Waals surface area contributed by atoms with Gasteiger partial charge in [-0.2, -0.15) is 0 Å². The molecule has 1 aliphatic heterocycles. The van der Waals surface area contributed by atoms with Crippen LogP contribution < -0.4 is 24.8 Å². The Hall–Kier alpha value is 0.243. The second kappa shape index (κ2) is 7.70. The van der Waals surface area contributed by atoms with Crippen molar-refractivity contribution in [2.75, 3.05) is 13.3 Å². The third kappa shape index (κ3) is 3.10. The van der Waals surface area contributed by atoms with Gasteiger partial charge in [0, 0.05) is 0 Å². The number of fused-ring (bicyclic) bond motifs is 6. The maximum atomic E-state index is 2.57. The van der Waals surface area contributed by atoms with Crippen molar-refractivity contribution in [3.8, 4) is 0 Å². The minimum absolute atomic E-state index is 0. The summed E-state index contributed by atoms with van der Waals surface area (Å²) in [7, 11) is -0.000781. The van der Waals surface area contributed by atoms with Crippen molar-refractivity contribution in [1.82, 2.24) is 0 Å². The van der Waals surface area contributed by atoms with E-state index in [1.54, 1.807) is 11.1 Å². The van der Waals surface area contributed by atoms with Gasteiger partial charge in [-0.3, -0.25) is 0 Å². The van der Waals surface area contributed by atoms with Crippen LogP contribution in [0.25, 0.3) is 12.2 Å². The van der Waals surface area contributed by atoms with E-state index in [0.29, 0.717) is 0 Å². The van der Waals surface area contributed by atoms with Crippen LogP contribution in [-0.2, 0) is 23.2 Å². The number of allylic oxidation sites excluding steroid dienone is 2. The Morgan fingerprint density at radius 2 is 1.08 bits per heavy atom. The van der Waals surface area contributed by atoms with Crippen LogP contribution in [0.1, 0.15) is 29.5 Å².